The van der Waals surface area contributed by atoms with Gasteiger partial charge in [0.2, 0.25) is 5.88 Å². The molecule has 0 radical (unpaired) electrons. The van der Waals surface area contributed by atoms with Gasteiger partial charge in [0.05, 0.1) is 23.4 Å². The molecule has 1 atom stereocenters. The number of nitrogens with zero attached hydrogens (tertiary/aromatic N) is 3. The predicted molar refractivity (Wildman–Crippen MR) is 141 cm³/mol. The number of fused-ring (bicyclic) bond motifs is 1. The number of nitrogens with one attached hydrogen (secondary N) is 3. The van der Waals surface area contributed by atoms with E-state index < -0.39 is 55.1 Å². The third-order valence-electron chi connectivity index (χ3n) is 6.49. The standard InChI is InChI=1S/C25H22ClF3N6O4S/c1-35-8-7-13(11-35)31-24(36)23-15-4-3-14(20(28)22(15)32-33-23)19-16(27)5-6-17(21(19)29)34-40(37,38)18-9-12(26)10-30-25(18)39-2/h3-6,9-10,13,34H,7-8,11H2,1-2H3,(H,31,36)(H,32,33)/t13-/m1/s1. The number of H-pyrrole nitrogens is 1. The number of aromatic nitrogens is 3. The summed E-state index contributed by atoms with van der Waals surface area (Å²) in [6, 6.07) is 5.00. The quantitative estimate of drug-likeness (QED) is 0.296. The number of sulfonamides is 1. The van der Waals surface area contributed by atoms with E-state index in [4.69, 9.17) is 16.3 Å². The van der Waals surface area contributed by atoms with Gasteiger partial charge in [0, 0.05) is 29.7 Å². The van der Waals surface area contributed by atoms with Gasteiger partial charge < -0.3 is 15.0 Å². The van der Waals surface area contributed by atoms with E-state index in [1.165, 1.54) is 13.2 Å². The van der Waals surface area contributed by atoms with Gasteiger partial charge in [-0.3, -0.25) is 14.6 Å². The van der Waals surface area contributed by atoms with E-state index in [0.29, 0.717) is 6.54 Å². The van der Waals surface area contributed by atoms with E-state index >= 15 is 8.78 Å². The van der Waals surface area contributed by atoms with Crippen LogP contribution in [0.2, 0.25) is 5.02 Å². The lowest BCUT2D eigenvalue weighted by Crippen LogP contribution is -2.36. The second-order valence-corrected chi connectivity index (χ2v) is 11.3. The number of carbonyl (C=O) groups is 1. The lowest BCUT2D eigenvalue weighted by atomic mass is 10.0. The molecular weight excluding hydrogens is 573 g/mol. The number of amides is 1. The Balaban J connectivity index is 1.50. The Kier molecular flexibility index (Phi) is 7.33. The number of benzene rings is 2. The number of aromatic amines is 1. The van der Waals surface area contributed by atoms with Gasteiger partial charge in [-0.2, -0.15) is 5.10 Å². The van der Waals surface area contributed by atoms with Crippen LogP contribution in [0.5, 0.6) is 5.88 Å². The largest absolute Gasteiger partial charge is 0.480 e. The average molecular weight is 595 g/mol. The molecule has 1 saturated heterocycles. The summed E-state index contributed by atoms with van der Waals surface area (Å²) in [5.41, 5.74) is -2.32. The Morgan fingerprint density at radius 3 is 2.67 bits per heavy atom. The zero-order valence-electron chi connectivity index (χ0n) is 21.1. The SMILES string of the molecule is COc1ncc(Cl)cc1S(=O)(=O)Nc1ccc(F)c(-c2ccc3c(C(=O)N[C@@H]4CCN(C)C4)n[nH]c3c2F)c1F. The van der Waals surface area contributed by atoms with Gasteiger partial charge in [0.25, 0.3) is 15.9 Å². The third-order valence-corrected chi connectivity index (χ3v) is 8.06. The summed E-state index contributed by atoms with van der Waals surface area (Å²) >= 11 is 5.86. The summed E-state index contributed by atoms with van der Waals surface area (Å²) in [6.45, 7) is 1.48. The highest BCUT2D eigenvalue weighted by Crippen LogP contribution is 2.36. The van der Waals surface area contributed by atoms with Crippen LogP contribution in [0.4, 0.5) is 18.9 Å². The maximum absolute atomic E-state index is 15.6. The number of likely N-dealkylation sites (tertiary alicyclic amines) is 1. The molecule has 0 spiro atoms. The Bertz CT molecular complexity index is 1750. The van der Waals surface area contributed by atoms with Crippen molar-refractivity contribution in [3.63, 3.8) is 0 Å². The van der Waals surface area contributed by atoms with Crippen LogP contribution < -0.4 is 14.8 Å². The van der Waals surface area contributed by atoms with Crippen molar-refractivity contribution in [2.45, 2.75) is 17.4 Å². The van der Waals surface area contributed by atoms with Crippen molar-refractivity contribution < 1.29 is 31.1 Å². The molecule has 0 bridgehead atoms. The minimum atomic E-state index is -4.52. The maximum Gasteiger partial charge on any atom is 0.272 e. The van der Waals surface area contributed by atoms with Gasteiger partial charge in [-0.05, 0) is 44.3 Å². The highest BCUT2D eigenvalue weighted by atomic mass is 35.5. The van der Waals surface area contributed by atoms with Crippen LogP contribution in [0, 0.1) is 17.5 Å². The Hall–Kier alpha value is -3.88. The first kappa shape index (κ1) is 27.7. The first-order valence-corrected chi connectivity index (χ1v) is 13.7. The zero-order valence-corrected chi connectivity index (χ0v) is 22.6. The van der Waals surface area contributed by atoms with E-state index in [9.17, 15) is 17.6 Å². The summed E-state index contributed by atoms with van der Waals surface area (Å²) in [4.78, 5) is 18.1. The number of pyridine rings is 1. The molecule has 1 fully saturated rings. The number of ether oxygens (including phenoxy) is 1. The number of hydrogen-bond donors (Lipinski definition) is 3. The molecular formula is C25H22ClF3N6O4S. The highest BCUT2D eigenvalue weighted by molar-refractivity contribution is 7.92. The van der Waals surface area contributed by atoms with Crippen LogP contribution in [0.1, 0.15) is 16.9 Å². The molecule has 15 heteroatoms. The van der Waals surface area contributed by atoms with Crippen LogP contribution >= 0.6 is 11.6 Å². The highest BCUT2D eigenvalue weighted by Gasteiger charge is 2.28. The fraction of sp³-hybridized carbons (Fsp3) is 0.240. The van der Waals surface area contributed by atoms with Gasteiger partial charge in [0.1, 0.15) is 11.3 Å². The summed E-state index contributed by atoms with van der Waals surface area (Å²) in [7, 11) is -1.41. The number of methoxy groups -OCH3 is 1. The molecule has 0 unspecified atom stereocenters. The van der Waals surface area contributed by atoms with Crippen LogP contribution in [0.3, 0.4) is 0 Å². The topological polar surface area (TPSA) is 129 Å². The molecule has 2 aromatic heterocycles. The van der Waals surface area contributed by atoms with Gasteiger partial charge in [-0.15, -0.1) is 0 Å². The van der Waals surface area contributed by atoms with E-state index in [2.05, 4.69) is 25.4 Å². The van der Waals surface area contributed by atoms with Crippen LogP contribution in [0.15, 0.2) is 41.4 Å². The van der Waals surface area contributed by atoms with Crippen molar-refractivity contribution >= 4 is 44.1 Å². The fourth-order valence-corrected chi connectivity index (χ4v) is 5.99. The van der Waals surface area contributed by atoms with Gasteiger partial charge in [-0.25, -0.2) is 26.6 Å². The summed E-state index contributed by atoms with van der Waals surface area (Å²) in [5, 5.41) is 9.28. The number of hydrogen-bond acceptors (Lipinski definition) is 7. The second kappa shape index (κ2) is 10.6. The molecule has 4 aromatic rings. The summed E-state index contributed by atoms with van der Waals surface area (Å²) < 4.78 is 79.0. The Morgan fingerprint density at radius 2 is 1.98 bits per heavy atom. The van der Waals surface area contributed by atoms with E-state index in [-0.39, 0.29) is 33.5 Å². The maximum atomic E-state index is 15.6. The van der Waals surface area contributed by atoms with Crippen LogP contribution in [0.25, 0.3) is 22.0 Å². The second-order valence-electron chi connectivity index (χ2n) is 9.19. The minimum absolute atomic E-state index is 0.0278. The smallest absolute Gasteiger partial charge is 0.272 e. The number of rotatable bonds is 7. The molecule has 10 nitrogen and oxygen atoms in total. The van der Waals surface area contributed by atoms with Crippen molar-refractivity contribution in [2.75, 3.05) is 32.0 Å². The summed E-state index contributed by atoms with van der Waals surface area (Å²) in [5.74, 6) is -4.43. The Morgan fingerprint density at radius 1 is 1.20 bits per heavy atom. The van der Waals surface area contributed by atoms with Crippen molar-refractivity contribution in [2.24, 2.45) is 0 Å². The number of carbonyl (C=O) groups excluding carboxylic acids is 1. The number of likely N-dealkylation sites (N-methyl/N-ethyl adjacent to an activating group) is 1. The van der Waals surface area contributed by atoms with Gasteiger partial charge in [-0.1, -0.05) is 17.7 Å². The lowest BCUT2D eigenvalue weighted by Gasteiger charge is -2.14. The van der Waals surface area contributed by atoms with Crippen LogP contribution in [-0.4, -0.2) is 67.7 Å². The molecule has 3 N–H and O–H groups in total. The molecule has 0 saturated carbocycles. The molecule has 5 rings (SSSR count). The zero-order chi connectivity index (χ0) is 28.8. The predicted octanol–water partition coefficient (Wildman–Crippen LogP) is 3.94. The molecule has 1 aliphatic heterocycles. The molecule has 1 amide bonds. The Labute approximate surface area is 231 Å². The van der Waals surface area contributed by atoms with E-state index in [1.807, 2.05) is 11.8 Å². The molecule has 210 valence electrons. The number of halogens is 4. The molecule has 2 aromatic carbocycles. The average Bonchev–Trinajstić information content (AvgIpc) is 3.53. The monoisotopic (exact) mass is 594 g/mol. The van der Waals surface area contributed by atoms with Crippen molar-refractivity contribution in [3.05, 3.63) is 64.7 Å². The first-order valence-electron chi connectivity index (χ1n) is 11.9. The first-order chi connectivity index (χ1) is 19.0. The van der Waals surface area contributed by atoms with Crippen molar-refractivity contribution in [1.82, 2.24) is 25.4 Å². The lowest BCUT2D eigenvalue weighted by molar-refractivity contribution is 0.0935. The van der Waals surface area contributed by atoms with Crippen molar-refractivity contribution in [3.8, 4) is 17.0 Å². The molecule has 0 aliphatic carbocycles. The van der Waals surface area contributed by atoms with Gasteiger partial charge in [0.15, 0.2) is 22.2 Å². The summed E-state index contributed by atoms with van der Waals surface area (Å²) in [6.07, 6.45) is 1.91. The van der Waals surface area contributed by atoms with E-state index in [0.717, 1.165) is 43.4 Å². The van der Waals surface area contributed by atoms with Crippen molar-refractivity contribution in [1.29, 1.82) is 0 Å². The minimum Gasteiger partial charge on any atom is -0.480 e. The fourth-order valence-electron chi connectivity index (χ4n) is 4.56. The third kappa shape index (κ3) is 5.05. The number of anilines is 1. The van der Waals surface area contributed by atoms with E-state index in [1.54, 1.807) is 0 Å². The molecule has 3 heterocycles. The molecule has 40 heavy (non-hydrogen) atoms. The van der Waals surface area contributed by atoms with Gasteiger partial charge >= 0.3 is 0 Å². The molecule has 1 aliphatic rings. The van der Waals surface area contributed by atoms with Crippen LogP contribution in [-0.2, 0) is 10.0 Å². The normalized spacial score (nSPS) is 15.9.